The van der Waals surface area contributed by atoms with Crippen LogP contribution in [0.1, 0.15) is 22.8 Å². The van der Waals surface area contributed by atoms with Gasteiger partial charge in [-0.1, -0.05) is 6.58 Å². The Hall–Kier alpha value is -4.28. The van der Waals surface area contributed by atoms with Crippen molar-refractivity contribution in [2.45, 2.75) is 13.1 Å². The van der Waals surface area contributed by atoms with Crippen LogP contribution in [0.2, 0.25) is 0 Å². The molecule has 0 aliphatic carbocycles. The summed E-state index contributed by atoms with van der Waals surface area (Å²) < 4.78 is 44.8. The molecule has 2 amide bonds. The zero-order valence-corrected chi connectivity index (χ0v) is 16.5. The molecule has 0 spiro atoms. The standard InChI is InChI=1S/C21H14F3N5O3/c1-11-12(2)25-20(27-18(11)30)29-17(10-15(28-29)16-4-3-9-32-16)26-19(31)13-5-7-14(8-6-13)21(22,23)24/h3-10H,1H2,2H3,(H,26,31). The minimum atomic E-state index is -4.52. The maximum Gasteiger partial charge on any atom is 0.416 e. The second-order valence-corrected chi connectivity index (χ2v) is 6.73. The molecule has 0 fully saturated rings. The van der Waals surface area contributed by atoms with E-state index in [2.05, 4.69) is 27.0 Å². The van der Waals surface area contributed by atoms with Crippen molar-refractivity contribution in [2.75, 3.05) is 5.32 Å². The number of hydrogen-bond acceptors (Lipinski definition) is 5. The molecule has 1 aromatic carbocycles. The molecule has 3 heterocycles. The molecule has 0 radical (unpaired) electrons. The number of aromatic nitrogens is 2. The lowest BCUT2D eigenvalue weighted by Gasteiger charge is -2.13. The molecular formula is C21H14F3N5O3. The molecule has 162 valence electrons. The van der Waals surface area contributed by atoms with E-state index in [1.807, 2.05) is 0 Å². The Bertz CT molecular complexity index is 1280. The average molecular weight is 441 g/mol. The summed E-state index contributed by atoms with van der Waals surface area (Å²) in [7, 11) is 0. The number of nitrogens with zero attached hydrogens (tertiary/aromatic N) is 4. The van der Waals surface area contributed by atoms with Crippen molar-refractivity contribution in [3.05, 3.63) is 72.0 Å². The van der Waals surface area contributed by atoms with Gasteiger partial charge in [0.05, 0.1) is 23.1 Å². The molecule has 0 saturated carbocycles. The molecule has 0 atom stereocenters. The summed E-state index contributed by atoms with van der Waals surface area (Å²) in [5.74, 6) is -0.958. The summed E-state index contributed by atoms with van der Waals surface area (Å²) in [4.78, 5) is 32.8. The Labute approximate surface area is 178 Å². The Kier molecular flexibility index (Phi) is 5.09. The summed E-state index contributed by atoms with van der Waals surface area (Å²) >= 11 is 0. The van der Waals surface area contributed by atoms with Crippen molar-refractivity contribution in [3.63, 3.8) is 0 Å². The molecule has 3 aromatic rings. The number of hydrogen-bond donors (Lipinski definition) is 1. The zero-order valence-electron chi connectivity index (χ0n) is 16.5. The number of rotatable bonds is 3. The van der Waals surface area contributed by atoms with Crippen molar-refractivity contribution in [1.29, 1.82) is 0 Å². The Morgan fingerprint density at radius 2 is 1.88 bits per heavy atom. The number of anilines is 1. The van der Waals surface area contributed by atoms with Crippen molar-refractivity contribution in [1.82, 2.24) is 9.78 Å². The highest BCUT2D eigenvalue weighted by molar-refractivity contribution is 6.28. The molecule has 1 aliphatic heterocycles. The van der Waals surface area contributed by atoms with E-state index in [4.69, 9.17) is 4.42 Å². The first kappa shape index (κ1) is 21.0. The van der Waals surface area contributed by atoms with Crippen LogP contribution in [0.15, 0.2) is 75.3 Å². The molecule has 0 unspecified atom stereocenters. The van der Waals surface area contributed by atoms with Crippen LogP contribution in [0, 0.1) is 0 Å². The van der Waals surface area contributed by atoms with Gasteiger partial charge in [-0.05, 0) is 43.3 Å². The van der Waals surface area contributed by atoms with Gasteiger partial charge in [0, 0.05) is 11.6 Å². The third-order valence-electron chi connectivity index (χ3n) is 4.55. The van der Waals surface area contributed by atoms with Crippen molar-refractivity contribution < 1.29 is 27.2 Å². The number of alkyl halides is 3. The van der Waals surface area contributed by atoms with E-state index in [0.29, 0.717) is 17.2 Å². The second-order valence-electron chi connectivity index (χ2n) is 6.73. The number of furan rings is 1. The van der Waals surface area contributed by atoms with Crippen LogP contribution >= 0.6 is 0 Å². The van der Waals surface area contributed by atoms with E-state index in [-0.39, 0.29) is 22.9 Å². The summed E-state index contributed by atoms with van der Waals surface area (Å²) in [5.41, 5.74) is -0.123. The molecule has 1 aliphatic rings. The molecule has 11 heteroatoms. The Morgan fingerprint density at radius 1 is 1.16 bits per heavy atom. The lowest BCUT2D eigenvalue weighted by Crippen LogP contribution is -2.25. The van der Waals surface area contributed by atoms with Gasteiger partial charge in [-0.15, -0.1) is 0 Å². The van der Waals surface area contributed by atoms with E-state index in [9.17, 15) is 22.8 Å². The fourth-order valence-electron chi connectivity index (χ4n) is 2.82. The van der Waals surface area contributed by atoms with Gasteiger partial charge in [0.1, 0.15) is 11.5 Å². The molecule has 4 rings (SSSR count). The molecule has 1 N–H and O–H groups in total. The van der Waals surface area contributed by atoms with Crippen LogP contribution in [-0.2, 0) is 11.0 Å². The largest absolute Gasteiger partial charge is 0.463 e. The highest BCUT2D eigenvalue weighted by Crippen LogP contribution is 2.29. The quantitative estimate of drug-likeness (QED) is 0.616. The van der Waals surface area contributed by atoms with Gasteiger partial charge in [0.15, 0.2) is 5.76 Å². The number of carbonyl (C=O) groups excluding carboxylic acids is 2. The first-order chi connectivity index (χ1) is 15.1. The normalized spacial score (nSPS) is 14.2. The lowest BCUT2D eigenvalue weighted by molar-refractivity contribution is -0.137. The molecule has 0 bridgehead atoms. The molecule has 8 nitrogen and oxygen atoms in total. The number of aliphatic imine (C=N–C) groups is 2. The topological polar surface area (TPSA) is 102 Å². The van der Waals surface area contributed by atoms with Crippen LogP contribution in [0.4, 0.5) is 19.0 Å². The minimum absolute atomic E-state index is 0.0139. The van der Waals surface area contributed by atoms with Crippen LogP contribution in [-0.4, -0.2) is 33.3 Å². The molecule has 32 heavy (non-hydrogen) atoms. The maximum atomic E-state index is 12.8. The second kappa shape index (κ2) is 7.76. The minimum Gasteiger partial charge on any atom is -0.463 e. The van der Waals surface area contributed by atoms with E-state index >= 15 is 0 Å². The summed E-state index contributed by atoms with van der Waals surface area (Å²) in [6.07, 6.45) is -3.08. The van der Waals surface area contributed by atoms with Gasteiger partial charge >= 0.3 is 6.18 Å². The van der Waals surface area contributed by atoms with Gasteiger partial charge in [0.25, 0.3) is 17.8 Å². The smallest absolute Gasteiger partial charge is 0.416 e. The number of nitrogens with one attached hydrogen (secondary N) is 1. The van der Waals surface area contributed by atoms with Gasteiger partial charge in [-0.25, -0.2) is 4.99 Å². The molecular weight excluding hydrogens is 427 g/mol. The van der Waals surface area contributed by atoms with Gasteiger partial charge in [-0.2, -0.15) is 27.9 Å². The number of halogens is 3. The van der Waals surface area contributed by atoms with Gasteiger partial charge in [-0.3, -0.25) is 9.59 Å². The van der Waals surface area contributed by atoms with Crippen molar-refractivity contribution >= 4 is 29.3 Å². The summed E-state index contributed by atoms with van der Waals surface area (Å²) in [5, 5.41) is 6.86. The molecule has 2 aromatic heterocycles. The van der Waals surface area contributed by atoms with Crippen molar-refractivity contribution in [2.24, 2.45) is 9.98 Å². The fraction of sp³-hybridized carbons (Fsp3) is 0.0952. The highest BCUT2D eigenvalue weighted by Gasteiger charge is 2.30. The van der Waals surface area contributed by atoms with Crippen LogP contribution < -0.4 is 5.32 Å². The van der Waals surface area contributed by atoms with Gasteiger partial charge < -0.3 is 9.73 Å². The van der Waals surface area contributed by atoms with E-state index in [1.165, 1.54) is 12.3 Å². The SMILES string of the molecule is C=C1C(=O)N=C(n2nc(-c3ccco3)cc2NC(=O)c2ccc(C(F)(F)F)cc2)N=C1C. The third-order valence-corrected chi connectivity index (χ3v) is 4.55. The van der Waals surface area contributed by atoms with Crippen LogP contribution in [0.25, 0.3) is 11.5 Å². The fourth-order valence-corrected chi connectivity index (χ4v) is 2.82. The van der Waals surface area contributed by atoms with Gasteiger partial charge in [0.2, 0.25) is 0 Å². The number of carbonyl (C=O) groups is 2. The lowest BCUT2D eigenvalue weighted by atomic mass is 10.1. The van der Waals surface area contributed by atoms with Crippen molar-refractivity contribution in [3.8, 4) is 11.5 Å². The highest BCUT2D eigenvalue weighted by atomic mass is 19.4. The van der Waals surface area contributed by atoms with E-state index in [0.717, 1.165) is 28.9 Å². The monoisotopic (exact) mass is 441 g/mol. The first-order valence-electron chi connectivity index (χ1n) is 9.14. The van der Waals surface area contributed by atoms with Crippen LogP contribution in [0.5, 0.6) is 0 Å². The summed E-state index contributed by atoms with van der Waals surface area (Å²) in [6.45, 7) is 5.18. The Morgan fingerprint density at radius 3 is 2.47 bits per heavy atom. The Balaban J connectivity index is 1.70. The number of amides is 2. The summed E-state index contributed by atoms with van der Waals surface area (Å²) in [6, 6.07) is 8.47. The van der Waals surface area contributed by atoms with Crippen LogP contribution in [0.3, 0.4) is 0 Å². The third kappa shape index (κ3) is 4.00. The predicted molar refractivity (Wildman–Crippen MR) is 109 cm³/mol. The zero-order chi connectivity index (χ0) is 23.0. The first-order valence-corrected chi connectivity index (χ1v) is 9.14. The molecule has 0 saturated heterocycles. The van der Waals surface area contributed by atoms with E-state index in [1.54, 1.807) is 19.1 Å². The average Bonchev–Trinajstić information content (AvgIpc) is 3.41. The van der Waals surface area contributed by atoms with E-state index < -0.39 is 23.6 Å². The predicted octanol–water partition coefficient (Wildman–Crippen LogP) is 4.18. The maximum absolute atomic E-state index is 12.8. The number of benzene rings is 1.